The number of ether oxygens (including phenoxy) is 1. The molecule has 1 saturated heterocycles. The van der Waals surface area contributed by atoms with Gasteiger partial charge in [0.25, 0.3) is 0 Å². The minimum absolute atomic E-state index is 0. The molecule has 1 aromatic rings. The van der Waals surface area contributed by atoms with Crippen molar-refractivity contribution >= 4 is 18.3 Å². The lowest BCUT2D eigenvalue weighted by Crippen LogP contribution is -2.35. The lowest BCUT2D eigenvalue weighted by atomic mass is 10.1. The Balaban J connectivity index is 0.00000264. The van der Waals surface area contributed by atoms with E-state index in [1.165, 1.54) is 11.1 Å². The lowest BCUT2D eigenvalue weighted by Gasteiger charge is -2.21. The summed E-state index contributed by atoms with van der Waals surface area (Å²) in [5, 5.41) is 0. The number of aryl methyl sites for hydroxylation is 2. The van der Waals surface area contributed by atoms with Gasteiger partial charge in [0.05, 0.1) is 13.0 Å². The summed E-state index contributed by atoms with van der Waals surface area (Å²) >= 11 is 0. The molecule has 1 amide bonds. The van der Waals surface area contributed by atoms with Gasteiger partial charge in [0.2, 0.25) is 5.91 Å². The summed E-state index contributed by atoms with van der Waals surface area (Å²) in [6.07, 6.45) is 1.44. The molecule has 1 aromatic carbocycles. The van der Waals surface area contributed by atoms with Crippen molar-refractivity contribution in [2.24, 2.45) is 11.7 Å². The van der Waals surface area contributed by atoms with Crippen molar-refractivity contribution in [2.75, 3.05) is 19.7 Å². The Morgan fingerprint density at radius 3 is 2.65 bits per heavy atom. The summed E-state index contributed by atoms with van der Waals surface area (Å²) in [6.45, 7) is 10.2. The minimum Gasteiger partial charge on any atom is -0.493 e. The van der Waals surface area contributed by atoms with Gasteiger partial charge >= 0.3 is 0 Å². The number of halogens is 1. The summed E-state index contributed by atoms with van der Waals surface area (Å²) in [6, 6.07) is 4.48. The van der Waals surface area contributed by atoms with Crippen LogP contribution in [0.15, 0.2) is 12.1 Å². The van der Waals surface area contributed by atoms with Crippen LogP contribution in [-0.2, 0) is 4.79 Å². The number of benzene rings is 1. The molecule has 2 unspecified atom stereocenters. The Kier molecular flexibility index (Phi) is 7.36. The van der Waals surface area contributed by atoms with Crippen molar-refractivity contribution in [2.45, 2.75) is 46.6 Å². The van der Waals surface area contributed by atoms with Crippen LogP contribution in [0.4, 0.5) is 0 Å². The zero-order chi connectivity index (χ0) is 16.3. The number of likely N-dealkylation sites (tertiary alicyclic amines) is 1. The van der Waals surface area contributed by atoms with E-state index in [0.717, 1.165) is 24.3 Å². The molecular weight excluding hydrogens is 312 g/mol. The Labute approximate surface area is 145 Å². The van der Waals surface area contributed by atoms with Gasteiger partial charge in [-0.05, 0) is 69.3 Å². The third-order valence-electron chi connectivity index (χ3n) is 4.65. The molecule has 2 atom stereocenters. The second-order valence-electron chi connectivity index (χ2n) is 6.54. The van der Waals surface area contributed by atoms with Crippen molar-refractivity contribution in [3.63, 3.8) is 0 Å². The molecule has 0 saturated carbocycles. The van der Waals surface area contributed by atoms with Gasteiger partial charge in [-0.1, -0.05) is 6.07 Å². The average Bonchev–Trinajstić information content (AvgIpc) is 2.85. The zero-order valence-electron chi connectivity index (χ0n) is 14.6. The predicted octanol–water partition coefficient (Wildman–Crippen LogP) is 3.00. The van der Waals surface area contributed by atoms with Crippen LogP contribution in [0.1, 0.15) is 36.5 Å². The molecule has 0 radical (unpaired) electrons. The molecule has 5 heteroatoms. The van der Waals surface area contributed by atoms with Gasteiger partial charge in [-0.3, -0.25) is 4.79 Å². The largest absolute Gasteiger partial charge is 0.493 e. The summed E-state index contributed by atoms with van der Waals surface area (Å²) < 4.78 is 5.84. The highest BCUT2D eigenvalue weighted by Crippen LogP contribution is 2.25. The van der Waals surface area contributed by atoms with Crippen LogP contribution in [0.5, 0.6) is 5.75 Å². The van der Waals surface area contributed by atoms with Gasteiger partial charge in [-0.25, -0.2) is 0 Å². The van der Waals surface area contributed by atoms with Crippen LogP contribution in [0, 0.1) is 26.7 Å². The van der Waals surface area contributed by atoms with Crippen molar-refractivity contribution in [1.82, 2.24) is 4.90 Å². The standard InChI is InChI=1S/C18H28N2O2.ClH/c1-12-7-13(2)15(4)17(8-12)22-6-5-18(21)20-11-16(10-19)9-14(20)3;/h7-8,14,16H,5-6,9-11,19H2,1-4H3;1H. The molecule has 4 nitrogen and oxygen atoms in total. The molecule has 23 heavy (non-hydrogen) atoms. The van der Waals surface area contributed by atoms with E-state index in [-0.39, 0.29) is 18.3 Å². The van der Waals surface area contributed by atoms with Crippen LogP contribution >= 0.6 is 12.4 Å². The van der Waals surface area contributed by atoms with E-state index < -0.39 is 0 Å². The SMILES string of the molecule is Cc1cc(C)c(C)c(OCCC(=O)N2CC(CN)CC2C)c1.Cl. The number of amides is 1. The van der Waals surface area contributed by atoms with Gasteiger partial charge in [0, 0.05) is 12.6 Å². The van der Waals surface area contributed by atoms with Crippen LogP contribution in [0.3, 0.4) is 0 Å². The maximum atomic E-state index is 12.3. The Bertz CT molecular complexity index is 548. The van der Waals surface area contributed by atoms with E-state index in [2.05, 4.69) is 33.8 Å². The van der Waals surface area contributed by atoms with Crippen LogP contribution in [-0.4, -0.2) is 36.5 Å². The molecule has 1 heterocycles. The zero-order valence-corrected chi connectivity index (χ0v) is 15.4. The fourth-order valence-corrected chi connectivity index (χ4v) is 3.20. The number of hydrogen-bond acceptors (Lipinski definition) is 3. The normalized spacial score (nSPS) is 20.3. The topological polar surface area (TPSA) is 55.6 Å². The first kappa shape index (κ1) is 19.8. The number of nitrogens with zero attached hydrogens (tertiary/aromatic N) is 1. The lowest BCUT2D eigenvalue weighted by molar-refractivity contribution is -0.132. The Morgan fingerprint density at radius 1 is 1.35 bits per heavy atom. The van der Waals surface area contributed by atoms with Crippen molar-refractivity contribution in [1.29, 1.82) is 0 Å². The molecule has 1 aliphatic rings. The van der Waals surface area contributed by atoms with Crippen LogP contribution in [0.2, 0.25) is 0 Å². The molecule has 2 rings (SSSR count). The van der Waals surface area contributed by atoms with E-state index in [1.54, 1.807) is 0 Å². The number of carbonyl (C=O) groups is 1. The number of nitrogens with two attached hydrogens (primary N) is 1. The third kappa shape index (κ3) is 4.85. The van der Waals surface area contributed by atoms with Crippen LogP contribution in [0.25, 0.3) is 0 Å². The van der Waals surface area contributed by atoms with Gasteiger partial charge in [0.1, 0.15) is 5.75 Å². The highest BCUT2D eigenvalue weighted by molar-refractivity contribution is 5.85. The van der Waals surface area contributed by atoms with Crippen molar-refractivity contribution < 1.29 is 9.53 Å². The predicted molar refractivity (Wildman–Crippen MR) is 96.3 cm³/mol. The Hall–Kier alpha value is -1.26. The molecular formula is C18H29ClN2O2. The van der Waals surface area contributed by atoms with E-state index in [1.807, 2.05) is 11.0 Å². The molecule has 0 spiro atoms. The number of carbonyl (C=O) groups excluding carboxylic acids is 1. The summed E-state index contributed by atoms with van der Waals surface area (Å²) in [7, 11) is 0. The first-order chi connectivity index (χ1) is 10.4. The van der Waals surface area contributed by atoms with E-state index in [0.29, 0.717) is 31.5 Å². The molecule has 1 aliphatic heterocycles. The number of rotatable bonds is 5. The molecule has 0 bridgehead atoms. The van der Waals surface area contributed by atoms with E-state index >= 15 is 0 Å². The van der Waals surface area contributed by atoms with Crippen molar-refractivity contribution in [3.05, 3.63) is 28.8 Å². The van der Waals surface area contributed by atoms with Gasteiger partial charge in [-0.2, -0.15) is 0 Å². The average molecular weight is 341 g/mol. The smallest absolute Gasteiger partial charge is 0.226 e. The van der Waals surface area contributed by atoms with Crippen molar-refractivity contribution in [3.8, 4) is 5.75 Å². The van der Waals surface area contributed by atoms with Gasteiger partial charge in [-0.15, -0.1) is 12.4 Å². The fourth-order valence-electron chi connectivity index (χ4n) is 3.20. The summed E-state index contributed by atoms with van der Waals surface area (Å²) in [5.41, 5.74) is 9.27. The molecule has 0 aliphatic carbocycles. The van der Waals surface area contributed by atoms with E-state index in [4.69, 9.17) is 10.5 Å². The molecule has 130 valence electrons. The molecule has 1 fully saturated rings. The maximum Gasteiger partial charge on any atom is 0.226 e. The monoisotopic (exact) mass is 340 g/mol. The molecule has 2 N–H and O–H groups in total. The van der Waals surface area contributed by atoms with Gasteiger partial charge in [0.15, 0.2) is 0 Å². The van der Waals surface area contributed by atoms with Gasteiger partial charge < -0.3 is 15.4 Å². The highest BCUT2D eigenvalue weighted by atomic mass is 35.5. The second-order valence-corrected chi connectivity index (χ2v) is 6.54. The second kappa shape index (κ2) is 8.55. The highest BCUT2D eigenvalue weighted by Gasteiger charge is 2.31. The maximum absolute atomic E-state index is 12.3. The first-order valence-electron chi connectivity index (χ1n) is 8.12. The third-order valence-corrected chi connectivity index (χ3v) is 4.65. The summed E-state index contributed by atoms with van der Waals surface area (Å²) in [5.74, 6) is 1.51. The first-order valence-corrected chi connectivity index (χ1v) is 8.12. The Morgan fingerprint density at radius 2 is 2.04 bits per heavy atom. The van der Waals surface area contributed by atoms with E-state index in [9.17, 15) is 4.79 Å². The van der Waals surface area contributed by atoms with Crippen LogP contribution < -0.4 is 10.5 Å². The minimum atomic E-state index is 0. The molecule has 0 aromatic heterocycles. The quantitative estimate of drug-likeness (QED) is 0.896. The fraction of sp³-hybridized carbons (Fsp3) is 0.611. The summed E-state index contributed by atoms with van der Waals surface area (Å²) in [4.78, 5) is 14.3. The number of hydrogen-bond donors (Lipinski definition) is 1.